The van der Waals surface area contributed by atoms with E-state index in [2.05, 4.69) is 43.9 Å². The molecule has 0 unspecified atom stereocenters. The maximum absolute atomic E-state index is 13.9. The summed E-state index contributed by atoms with van der Waals surface area (Å²) in [5, 5.41) is 3.67. The molecular weight excluding hydrogens is 546 g/mol. The highest BCUT2D eigenvalue weighted by Gasteiger charge is 2.40. The number of esters is 1. The molecule has 9 nitrogen and oxygen atoms in total. The Morgan fingerprint density at radius 3 is 2.38 bits per heavy atom. The molecule has 0 bridgehead atoms. The summed E-state index contributed by atoms with van der Waals surface area (Å²) in [4.78, 5) is 16.7. The first-order valence-corrected chi connectivity index (χ1v) is 17.3. The fourth-order valence-corrected chi connectivity index (χ4v) is 6.83. The van der Waals surface area contributed by atoms with E-state index >= 15 is 0 Å². The number of alkyl halides is 2. The van der Waals surface area contributed by atoms with Gasteiger partial charge in [-0.2, -0.15) is 13.9 Å². The van der Waals surface area contributed by atoms with Gasteiger partial charge in [0.2, 0.25) is 0 Å². The lowest BCUT2D eigenvalue weighted by molar-refractivity contribution is -0.153. The highest BCUT2D eigenvalue weighted by atomic mass is 32.2. The summed E-state index contributed by atoms with van der Waals surface area (Å²) >= 11 is 0. The normalized spacial score (nSPS) is 16.9. The maximum Gasteiger partial charge on any atom is 0.333 e. The molecular formula is C26H40F2N4O5SSi. The molecule has 1 aliphatic rings. The summed E-state index contributed by atoms with van der Waals surface area (Å²) in [6.45, 7) is 14.7. The third kappa shape index (κ3) is 7.23. The summed E-state index contributed by atoms with van der Waals surface area (Å²) in [7, 11) is -6.41. The number of carbonyl (C=O) groups excluding carboxylic acids is 1. The van der Waals surface area contributed by atoms with Crippen molar-refractivity contribution in [1.82, 2.24) is 14.8 Å². The molecule has 0 saturated heterocycles. The monoisotopic (exact) mass is 586 g/mol. The summed E-state index contributed by atoms with van der Waals surface area (Å²) in [6.07, 6.45) is 2.77. The van der Waals surface area contributed by atoms with E-state index in [0.29, 0.717) is 34.7 Å². The van der Waals surface area contributed by atoms with E-state index in [-0.39, 0.29) is 34.5 Å². The van der Waals surface area contributed by atoms with Crippen molar-refractivity contribution in [1.29, 1.82) is 0 Å². The number of anilines is 1. The van der Waals surface area contributed by atoms with Crippen LogP contribution in [0.3, 0.4) is 0 Å². The molecule has 2 aromatic heterocycles. The summed E-state index contributed by atoms with van der Waals surface area (Å²) < 4.78 is 67.8. The minimum absolute atomic E-state index is 0.0267. The summed E-state index contributed by atoms with van der Waals surface area (Å²) in [6, 6.07) is 1.61. The molecule has 3 heterocycles. The Kier molecular flexibility index (Phi) is 8.69. The van der Waals surface area contributed by atoms with Crippen LogP contribution in [0.4, 0.5) is 14.5 Å². The third-order valence-corrected chi connectivity index (χ3v) is 13.5. The van der Waals surface area contributed by atoms with E-state index in [9.17, 15) is 22.0 Å². The van der Waals surface area contributed by atoms with E-state index in [0.717, 1.165) is 6.20 Å². The molecule has 0 amide bonds. The van der Waals surface area contributed by atoms with E-state index in [4.69, 9.17) is 9.16 Å². The number of sulfonamides is 1. The lowest BCUT2D eigenvalue weighted by Gasteiger charge is -2.39. The molecule has 3 rings (SSSR count). The third-order valence-electron chi connectivity index (χ3n) is 7.07. The molecule has 1 aliphatic heterocycles. The number of carbonyl (C=O) groups is 1. The van der Waals surface area contributed by atoms with Gasteiger partial charge >= 0.3 is 12.5 Å². The van der Waals surface area contributed by atoms with Crippen molar-refractivity contribution in [3.63, 3.8) is 0 Å². The fraction of sp³-hybridized carbons (Fsp3) is 0.654. The predicted octanol–water partition coefficient (Wildman–Crippen LogP) is 5.26. The van der Waals surface area contributed by atoms with Crippen molar-refractivity contribution in [2.45, 2.75) is 96.5 Å². The van der Waals surface area contributed by atoms with Gasteiger partial charge in [0.15, 0.2) is 8.32 Å². The topological polar surface area (TPSA) is 104 Å². The molecule has 2 aromatic rings. The van der Waals surface area contributed by atoms with Crippen LogP contribution >= 0.6 is 0 Å². The van der Waals surface area contributed by atoms with Crippen LogP contribution in [0, 0.1) is 12.8 Å². The van der Waals surface area contributed by atoms with Crippen LogP contribution in [0.25, 0.3) is 0 Å². The minimum atomic E-state index is -4.29. The van der Waals surface area contributed by atoms with Crippen molar-refractivity contribution in [2.24, 2.45) is 5.92 Å². The molecule has 39 heavy (non-hydrogen) atoms. The van der Waals surface area contributed by atoms with Crippen molar-refractivity contribution in [3.05, 3.63) is 35.4 Å². The number of halogens is 2. The van der Waals surface area contributed by atoms with Crippen LogP contribution in [0.2, 0.25) is 18.1 Å². The molecule has 1 atom stereocenters. The number of pyridine rings is 1. The van der Waals surface area contributed by atoms with Crippen LogP contribution in [0.1, 0.15) is 65.0 Å². The molecule has 218 valence electrons. The SMILES string of the molecule is Cc1nn(C(F)F)cc1S(=O)(=O)N1C[C@H](CO[Si](C)(C)C(C)(C)C)Cc2ncc(CC(=O)OC(C)(C)C)cc21. The number of rotatable bonds is 8. The average Bonchev–Trinajstić information content (AvgIpc) is 3.18. The zero-order valence-corrected chi connectivity index (χ0v) is 26.0. The molecule has 0 saturated carbocycles. The molecule has 0 fully saturated rings. The first-order chi connectivity index (χ1) is 17.7. The van der Waals surface area contributed by atoms with E-state index in [1.807, 2.05) is 0 Å². The fourth-order valence-electron chi connectivity index (χ4n) is 4.03. The first-order valence-electron chi connectivity index (χ1n) is 12.9. The number of aromatic nitrogens is 3. The molecule has 13 heteroatoms. The van der Waals surface area contributed by atoms with Gasteiger partial charge in [-0.1, -0.05) is 20.8 Å². The van der Waals surface area contributed by atoms with Gasteiger partial charge in [-0.15, -0.1) is 0 Å². The average molecular weight is 587 g/mol. The van der Waals surface area contributed by atoms with E-state index in [1.54, 1.807) is 33.0 Å². The van der Waals surface area contributed by atoms with Gasteiger partial charge < -0.3 is 9.16 Å². The van der Waals surface area contributed by atoms with Crippen LogP contribution in [-0.4, -0.2) is 56.2 Å². The van der Waals surface area contributed by atoms with Crippen molar-refractivity contribution < 1.29 is 31.2 Å². The van der Waals surface area contributed by atoms with Crippen molar-refractivity contribution in [2.75, 3.05) is 17.5 Å². The molecule has 0 radical (unpaired) electrons. The minimum Gasteiger partial charge on any atom is -0.460 e. The lowest BCUT2D eigenvalue weighted by Crippen LogP contribution is -2.46. The van der Waals surface area contributed by atoms with Crippen molar-refractivity contribution in [3.8, 4) is 0 Å². The number of aryl methyl sites for hydroxylation is 1. The van der Waals surface area contributed by atoms with Gasteiger partial charge in [-0.05, 0) is 63.9 Å². The number of hydrogen-bond acceptors (Lipinski definition) is 7. The maximum atomic E-state index is 13.9. The lowest BCUT2D eigenvalue weighted by atomic mass is 9.97. The van der Waals surface area contributed by atoms with Crippen LogP contribution in [0.5, 0.6) is 0 Å². The zero-order chi connectivity index (χ0) is 29.6. The predicted molar refractivity (Wildman–Crippen MR) is 147 cm³/mol. The smallest absolute Gasteiger partial charge is 0.333 e. The highest BCUT2D eigenvalue weighted by molar-refractivity contribution is 7.92. The quantitative estimate of drug-likeness (QED) is 0.307. The Hall–Kier alpha value is -2.38. The summed E-state index contributed by atoms with van der Waals surface area (Å²) in [5.74, 6) is -0.680. The molecule has 0 aromatic carbocycles. The highest BCUT2D eigenvalue weighted by Crippen LogP contribution is 2.39. The van der Waals surface area contributed by atoms with E-state index in [1.165, 1.54) is 11.2 Å². The van der Waals surface area contributed by atoms with Crippen molar-refractivity contribution >= 4 is 30.0 Å². The Labute approximate surface area is 231 Å². The standard InChI is InChI=1S/C26H40F2N4O5SSi/c1-17-22(15-31(30-17)24(27)28)38(34,35)32-14-19(16-36-39(8,9)26(5,6)7)10-20-21(32)11-18(13-29-20)12-23(33)37-25(2,3)4/h11,13,15,19,24H,10,12,14,16H2,1-9H3/t19-/m1/s1. The largest absolute Gasteiger partial charge is 0.460 e. The van der Waals surface area contributed by atoms with Gasteiger partial charge in [0.05, 0.1) is 29.7 Å². The number of ether oxygens (including phenoxy) is 1. The van der Waals surface area contributed by atoms with Crippen LogP contribution in [-0.2, 0) is 36.8 Å². The second-order valence-electron chi connectivity index (χ2n) is 12.6. The Bertz CT molecular complexity index is 1320. The Morgan fingerprint density at radius 1 is 1.21 bits per heavy atom. The van der Waals surface area contributed by atoms with Gasteiger partial charge in [0, 0.05) is 25.3 Å². The van der Waals surface area contributed by atoms with E-state index < -0.39 is 36.5 Å². The number of hydrogen-bond donors (Lipinski definition) is 0. The number of nitrogens with zero attached hydrogens (tertiary/aromatic N) is 4. The Morgan fingerprint density at radius 2 is 1.85 bits per heavy atom. The van der Waals surface area contributed by atoms with Gasteiger partial charge in [-0.25, -0.2) is 13.1 Å². The summed E-state index contributed by atoms with van der Waals surface area (Å²) in [5.41, 5.74) is 0.617. The molecule has 0 spiro atoms. The first kappa shape index (κ1) is 31.1. The second-order valence-corrected chi connectivity index (χ2v) is 19.2. The van der Waals surface area contributed by atoms with Gasteiger partial charge in [0.1, 0.15) is 10.5 Å². The molecule has 0 aliphatic carbocycles. The van der Waals surface area contributed by atoms with Crippen LogP contribution < -0.4 is 4.31 Å². The molecule has 0 N–H and O–H groups in total. The van der Waals surface area contributed by atoms with Crippen LogP contribution in [0.15, 0.2) is 23.4 Å². The van der Waals surface area contributed by atoms with Gasteiger partial charge in [-0.3, -0.25) is 14.1 Å². The second kappa shape index (κ2) is 10.9. The number of fused-ring (bicyclic) bond motifs is 1. The van der Waals surface area contributed by atoms with Gasteiger partial charge in [0.25, 0.3) is 10.0 Å². The zero-order valence-electron chi connectivity index (χ0n) is 24.2. The Balaban J connectivity index is 2.01.